The summed E-state index contributed by atoms with van der Waals surface area (Å²) in [5.74, 6) is 0.395. The predicted octanol–water partition coefficient (Wildman–Crippen LogP) is 4.52. The van der Waals surface area contributed by atoms with Crippen molar-refractivity contribution >= 4 is 22.6 Å². The van der Waals surface area contributed by atoms with Crippen molar-refractivity contribution in [2.75, 3.05) is 25.1 Å². The van der Waals surface area contributed by atoms with E-state index in [1.54, 1.807) is 6.07 Å². The Kier molecular flexibility index (Phi) is 7.65. The maximum atomic E-state index is 12.8. The van der Waals surface area contributed by atoms with Gasteiger partial charge in [-0.05, 0) is 29.9 Å². The SMILES string of the molecule is C[C@@H](CCO)[C@H](OC(=O)Nc1cccc2ccccc12)c1ccccc1OCCO. The quantitative estimate of drug-likeness (QED) is 0.484. The van der Waals surface area contributed by atoms with Gasteiger partial charge in [0.15, 0.2) is 0 Å². The second-order valence-corrected chi connectivity index (χ2v) is 7.08. The molecular weight excluding hydrogens is 382 g/mol. The third kappa shape index (κ3) is 5.28. The highest BCUT2D eigenvalue weighted by molar-refractivity contribution is 6.00. The van der Waals surface area contributed by atoms with Crippen LogP contribution in [0.3, 0.4) is 0 Å². The van der Waals surface area contributed by atoms with Crippen LogP contribution in [0.2, 0.25) is 0 Å². The number of aliphatic hydroxyl groups is 2. The first-order valence-electron chi connectivity index (χ1n) is 10.0. The molecule has 2 atom stereocenters. The molecule has 158 valence electrons. The van der Waals surface area contributed by atoms with Gasteiger partial charge in [-0.15, -0.1) is 0 Å². The first-order chi connectivity index (χ1) is 14.6. The van der Waals surface area contributed by atoms with Gasteiger partial charge in [-0.3, -0.25) is 5.32 Å². The lowest BCUT2D eigenvalue weighted by Gasteiger charge is -2.26. The molecule has 0 heterocycles. The number of para-hydroxylation sites is 1. The summed E-state index contributed by atoms with van der Waals surface area (Å²) in [7, 11) is 0. The van der Waals surface area contributed by atoms with E-state index in [1.807, 2.05) is 67.6 Å². The molecule has 6 heteroatoms. The van der Waals surface area contributed by atoms with E-state index in [0.717, 1.165) is 10.8 Å². The van der Waals surface area contributed by atoms with Crippen molar-refractivity contribution in [1.29, 1.82) is 0 Å². The fraction of sp³-hybridized carbons (Fsp3) is 0.292. The number of fused-ring (bicyclic) bond motifs is 1. The summed E-state index contributed by atoms with van der Waals surface area (Å²) >= 11 is 0. The van der Waals surface area contributed by atoms with Gasteiger partial charge in [-0.2, -0.15) is 0 Å². The third-order valence-corrected chi connectivity index (χ3v) is 4.94. The molecule has 3 rings (SSSR count). The molecule has 0 spiro atoms. The Morgan fingerprint density at radius 2 is 1.70 bits per heavy atom. The summed E-state index contributed by atoms with van der Waals surface area (Å²) < 4.78 is 11.4. The summed E-state index contributed by atoms with van der Waals surface area (Å²) in [5, 5.41) is 23.3. The minimum Gasteiger partial charge on any atom is -0.491 e. The minimum atomic E-state index is -0.623. The third-order valence-electron chi connectivity index (χ3n) is 4.94. The van der Waals surface area contributed by atoms with Gasteiger partial charge in [-0.25, -0.2) is 4.79 Å². The standard InChI is InChI=1S/C24H27NO5/c1-17(13-14-26)23(20-10-4-5-12-22(20)29-16-15-27)30-24(28)25-21-11-6-8-18-7-2-3-9-19(18)21/h2-12,17,23,26-27H,13-16H2,1H3,(H,25,28)/t17-,23-/m0/s1. The van der Waals surface area contributed by atoms with Gasteiger partial charge < -0.3 is 19.7 Å². The van der Waals surface area contributed by atoms with Crippen LogP contribution in [0.25, 0.3) is 10.8 Å². The molecule has 3 aromatic rings. The maximum Gasteiger partial charge on any atom is 0.412 e. The molecule has 3 N–H and O–H groups in total. The van der Waals surface area contributed by atoms with E-state index in [2.05, 4.69) is 5.32 Å². The van der Waals surface area contributed by atoms with Crippen LogP contribution < -0.4 is 10.1 Å². The zero-order valence-electron chi connectivity index (χ0n) is 17.0. The summed E-state index contributed by atoms with van der Waals surface area (Å²) in [6, 6.07) is 20.7. The monoisotopic (exact) mass is 409 g/mol. The number of aliphatic hydroxyl groups excluding tert-OH is 2. The Bertz CT molecular complexity index is 969. The topological polar surface area (TPSA) is 88.0 Å². The summed E-state index contributed by atoms with van der Waals surface area (Å²) in [4.78, 5) is 12.8. The van der Waals surface area contributed by atoms with Crippen LogP contribution in [0.1, 0.15) is 25.0 Å². The molecule has 0 bridgehead atoms. The molecule has 0 saturated carbocycles. The van der Waals surface area contributed by atoms with Crippen molar-refractivity contribution in [3.05, 3.63) is 72.3 Å². The fourth-order valence-electron chi connectivity index (χ4n) is 3.43. The molecule has 6 nitrogen and oxygen atoms in total. The van der Waals surface area contributed by atoms with Crippen molar-refractivity contribution in [1.82, 2.24) is 0 Å². The Morgan fingerprint density at radius 3 is 2.50 bits per heavy atom. The number of anilines is 1. The summed E-state index contributed by atoms with van der Waals surface area (Å²) in [5.41, 5.74) is 1.36. The lowest BCUT2D eigenvalue weighted by atomic mass is 9.94. The second-order valence-electron chi connectivity index (χ2n) is 7.08. The number of carbonyl (C=O) groups is 1. The Balaban J connectivity index is 1.84. The largest absolute Gasteiger partial charge is 0.491 e. The number of rotatable bonds is 9. The molecule has 3 aromatic carbocycles. The lowest BCUT2D eigenvalue weighted by molar-refractivity contribution is 0.0642. The number of nitrogens with one attached hydrogen (secondary N) is 1. The molecule has 1 amide bonds. The fourth-order valence-corrected chi connectivity index (χ4v) is 3.43. The van der Waals surface area contributed by atoms with E-state index in [9.17, 15) is 9.90 Å². The molecule has 0 saturated heterocycles. The molecule has 0 radical (unpaired) electrons. The van der Waals surface area contributed by atoms with Crippen molar-refractivity contribution in [3.63, 3.8) is 0 Å². The van der Waals surface area contributed by atoms with Gasteiger partial charge in [0.05, 0.1) is 12.3 Å². The van der Waals surface area contributed by atoms with Gasteiger partial charge in [0.2, 0.25) is 0 Å². The predicted molar refractivity (Wildman–Crippen MR) is 117 cm³/mol. The summed E-state index contributed by atoms with van der Waals surface area (Å²) in [6.07, 6.45) is -0.749. The highest BCUT2D eigenvalue weighted by Crippen LogP contribution is 2.35. The smallest absolute Gasteiger partial charge is 0.412 e. The highest BCUT2D eigenvalue weighted by atomic mass is 16.6. The molecule has 0 aliphatic rings. The Hall–Kier alpha value is -3.09. The van der Waals surface area contributed by atoms with Crippen molar-refractivity contribution < 1.29 is 24.5 Å². The van der Waals surface area contributed by atoms with Crippen molar-refractivity contribution in [3.8, 4) is 5.75 Å². The molecular formula is C24H27NO5. The van der Waals surface area contributed by atoms with Crippen LogP contribution in [-0.2, 0) is 4.74 Å². The van der Waals surface area contributed by atoms with Crippen LogP contribution in [0.5, 0.6) is 5.75 Å². The zero-order chi connectivity index (χ0) is 21.3. The number of hydrogen-bond donors (Lipinski definition) is 3. The molecule has 0 fully saturated rings. The van der Waals surface area contributed by atoms with Gasteiger partial charge in [-0.1, -0.05) is 61.5 Å². The van der Waals surface area contributed by atoms with Gasteiger partial charge in [0, 0.05) is 17.6 Å². The Morgan fingerprint density at radius 1 is 0.967 bits per heavy atom. The summed E-state index contributed by atoms with van der Waals surface area (Å²) in [6.45, 7) is 1.91. The molecule has 0 unspecified atom stereocenters. The number of hydrogen-bond acceptors (Lipinski definition) is 5. The van der Waals surface area contributed by atoms with Crippen LogP contribution in [-0.4, -0.2) is 36.1 Å². The van der Waals surface area contributed by atoms with Crippen LogP contribution in [0, 0.1) is 5.92 Å². The lowest BCUT2D eigenvalue weighted by Crippen LogP contribution is -2.23. The zero-order valence-corrected chi connectivity index (χ0v) is 17.0. The second kappa shape index (κ2) is 10.6. The number of amides is 1. The van der Waals surface area contributed by atoms with E-state index in [-0.39, 0.29) is 25.7 Å². The average Bonchev–Trinajstić information content (AvgIpc) is 2.77. The normalized spacial score (nSPS) is 12.9. The highest BCUT2D eigenvalue weighted by Gasteiger charge is 2.26. The van der Waals surface area contributed by atoms with E-state index < -0.39 is 12.2 Å². The average molecular weight is 409 g/mol. The minimum absolute atomic E-state index is 0.0222. The molecule has 0 aliphatic carbocycles. The van der Waals surface area contributed by atoms with E-state index in [0.29, 0.717) is 23.4 Å². The first kappa shape index (κ1) is 21.6. The van der Waals surface area contributed by atoms with Gasteiger partial charge in [0.25, 0.3) is 0 Å². The van der Waals surface area contributed by atoms with Crippen LogP contribution in [0.15, 0.2) is 66.7 Å². The number of benzene rings is 3. The Labute approximate surface area is 176 Å². The number of carbonyl (C=O) groups excluding carboxylic acids is 1. The molecule has 0 aromatic heterocycles. The number of ether oxygens (including phenoxy) is 2. The van der Waals surface area contributed by atoms with Crippen molar-refractivity contribution in [2.24, 2.45) is 5.92 Å². The van der Waals surface area contributed by atoms with Crippen LogP contribution >= 0.6 is 0 Å². The van der Waals surface area contributed by atoms with Gasteiger partial charge >= 0.3 is 6.09 Å². The van der Waals surface area contributed by atoms with E-state index in [1.165, 1.54) is 0 Å². The van der Waals surface area contributed by atoms with Crippen molar-refractivity contribution in [2.45, 2.75) is 19.4 Å². The van der Waals surface area contributed by atoms with E-state index in [4.69, 9.17) is 14.6 Å². The van der Waals surface area contributed by atoms with Gasteiger partial charge in [0.1, 0.15) is 18.5 Å². The maximum absolute atomic E-state index is 12.8. The first-order valence-corrected chi connectivity index (χ1v) is 10.0. The molecule has 0 aliphatic heterocycles. The van der Waals surface area contributed by atoms with E-state index >= 15 is 0 Å². The van der Waals surface area contributed by atoms with Crippen LogP contribution in [0.4, 0.5) is 10.5 Å². The molecule has 30 heavy (non-hydrogen) atoms.